The Kier molecular flexibility index (Phi) is 5.84. The van der Waals surface area contributed by atoms with Crippen molar-refractivity contribution in [3.63, 3.8) is 0 Å². The van der Waals surface area contributed by atoms with Crippen molar-refractivity contribution in [1.82, 2.24) is 0 Å². The average molecular weight is 326 g/mol. The Labute approximate surface area is 137 Å². The zero-order valence-electron chi connectivity index (χ0n) is 12.6. The van der Waals surface area contributed by atoms with Gasteiger partial charge >= 0.3 is 0 Å². The van der Waals surface area contributed by atoms with Crippen LogP contribution in [-0.4, -0.2) is 23.2 Å². The highest BCUT2D eigenvalue weighted by molar-refractivity contribution is 6.04. The van der Waals surface area contributed by atoms with Gasteiger partial charge in [-0.1, -0.05) is 30.3 Å². The van der Waals surface area contributed by atoms with Crippen molar-refractivity contribution in [3.8, 4) is 0 Å². The minimum absolute atomic E-state index is 0.0593. The summed E-state index contributed by atoms with van der Waals surface area (Å²) in [6, 6.07) is 14.6. The fourth-order valence-electron chi connectivity index (χ4n) is 1.86. The molecule has 2 aromatic carbocycles. The number of ketones is 1. The molecular formula is C16H14N4O4. The third kappa shape index (κ3) is 5.09. The molecule has 0 saturated heterocycles. The van der Waals surface area contributed by atoms with Gasteiger partial charge in [0, 0.05) is 11.8 Å². The second kappa shape index (κ2) is 8.28. The van der Waals surface area contributed by atoms with E-state index in [0.717, 1.165) is 0 Å². The number of para-hydroxylation sites is 2. The first kappa shape index (κ1) is 16.9. The van der Waals surface area contributed by atoms with E-state index in [1.165, 1.54) is 18.2 Å². The first-order valence-electron chi connectivity index (χ1n) is 7.04. The molecule has 0 aliphatic rings. The molecule has 0 spiro atoms. The normalized spacial score (nSPS) is 10.5. The number of anilines is 1. The van der Waals surface area contributed by atoms with E-state index in [4.69, 9.17) is 0 Å². The molecule has 1 N–H and O–H groups in total. The Morgan fingerprint density at radius 2 is 1.71 bits per heavy atom. The zero-order chi connectivity index (χ0) is 17.4. The molecule has 8 heteroatoms. The minimum Gasteiger partial charge on any atom is -0.326 e. The van der Waals surface area contributed by atoms with Gasteiger partial charge in [0.15, 0.2) is 11.5 Å². The van der Waals surface area contributed by atoms with Gasteiger partial charge in [0.25, 0.3) is 5.69 Å². The van der Waals surface area contributed by atoms with E-state index < -0.39 is 16.6 Å². The summed E-state index contributed by atoms with van der Waals surface area (Å²) >= 11 is 0. The van der Waals surface area contributed by atoms with E-state index in [1.807, 2.05) is 6.07 Å². The Balaban J connectivity index is 1.87. The highest BCUT2D eigenvalue weighted by Crippen LogP contribution is 2.26. The molecule has 8 nitrogen and oxygen atoms in total. The number of azo groups is 1. The number of nitrogens with zero attached hydrogens (tertiary/aromatic N) is 3. The number of rotatable bonds is 7. The maximum atomic E-state index is 11.7. The van der Waals surface area contributed by atoms with Gasteiger partial charge in [-0.05, 0) is 18.2 Å². The number of carbonyl (C=O) groups excluding carboxylic acids is 2. The van der Waals surface area contributed by atoms with Gasteiger partial charge in [0.2, 0.25) is 5.91 Å². The number of benzene rings is 2. The topological polar surface area (TPSA) is 114 Å². The van der Waals surface area contributed by atoms with Gasteiger partial charge in [-0.2, -0.15) is 5.11 Å². The predicted molar refractivity (Wildman–Crippen MR) is 87.2 cm³/mol. The van der Waals surface area contributed by atoms with E-state index >= 15 is 0 Å². The summed E-state index contributed by atoms with van der Waals surface area (Å²) in [5.41, 5.74) is 0.455. The summed E-state index contributed by atoms with van der Waals surface area (Å²) in [4.78, 5) is 33.7. The molecule has 0 aromatic heterocycles. The SMILES string of the molecule is O=C(CN=Nc1ccccc1[N+](=O)[O-])CC(=O)Nc1ccccc1. The molecule has 0 saturated carbocycles. The fraction of sp³-hybridized carbons (Fsp3) is 0.125. The molecular weight excluding hydrogens is 312 g/mol. The first-order chi connectivity index (χ1) is 11.6. The standard InChI is InChI=1S/C16H14N4O4/c21-13(10-16(22)18-12-6-2-1-3-7-12)11-17-19-14-8-4-5-9-15(14)20(23)24/h1-9H,10-11H2,(H,18,22). The number of hydrogen-bond acceptors (Lipinski definition) is 6. The van der Waals surface area contributed by atoms with Crippen molar-refractivity contribution in [3.05, 3.63) is 64.7 Å². The van der Waals surface area contributed by atoms with E-state index in [0.29, 0.717) is 5.69 Å². The van der Waals surface area contributed by atoms with E-state index in [-0.39, 0.29) is 24.3 Å². The van der Waals surface area contributed by atoms with Crippen molar-refractivity contribution >= 4 is 28.8 Å². The van der Waals surface area contributed by atoms with Crippen molar-refractivity contribution in [1.29, 1.82) is 0 Å². The third-order valence-corrected chi connectivity index (χ3v) is 2.92. The van der Waals surface area contributed by atoms with Gasteiger partial charge in [0.05, 0.1) is 11.3 Å². The summed E-state index contributed by atoms with van der Waals surface area (Å²) in [6.07, 6.45) is -0.342. The number of Topliss-reactive ketones (excluding diaryl/α,β-unsaturated/α-hetero) is 1. The summed E-state index contributed by atoms with van der Waals surface area (Å²) in [7, 11) is 0. The molecule has 1 amide bonds. The zero-order valence-corrected chi connectivity index (χ0v) is 12.6. The Morgan fingerprint density at radius 1 is 1.04 bits per heavy atom. The lowest BCUT2D eigenvalue weighted by atomic mass is 10.2. The van der Waals surface area contributed by atoms with Crippen LogP contribution in [0.25, 0.3) is 0 Å². The highest BCUT2D eigenvalue weighted by atomic mass is 16.6. The molecule has 0 aliphatic carbocycles. The number of nitrogens with one attached hydrogen (secondary N) is 1. The molecule has 2 rings (SSSR count). The summed E-state index contributed by atoms with van der Waals surface area (Å²) in [6.45, 7) is -0.325. The van der Waals surface area contributed by atoms with E-state index in [9.17, 15) is 19.7 Å². The lowest BCUT2D eigenvalue weighted by Crippen LogP contribution is -2.17. The lowest BCUT2D eigenvalue weighted by Gasteiger charge is -2.03. The van der Waals surface area contributed by atoms with Crippen LogP contribution >= 0.6 is 0 Å². The lowest BCUT2D eigenvalue weighted by molar-refractivity contribution is -0.384. The van der Waals surface area contributed by atoms with Gasteiger partial charge < -0.3 is 5.32 Å². The highest BCUT2D eigenvalue weighted by Gasteiger charge is 2.12. The molecule has 0 atom stereocenters. The minimum atomic E-state index is -0.580. The number of nitro benzene ring substituents is 1. The maximum absolute atomic E-state index is 11.7. The summed E-state index contributed by atoms with van der Waals surface area (Å²) < 4.78 is 0. The van der Waals surface area contributed by atoms with Crippen LogP contribution in [0.3, 0.4) is 0 Å². The molecule has 24 heavy (non-hydrogen) atoms. The third-order valence-electron chi connectivity index (χ3n) is 2.92. The summed E-state index contributed by atoms with van der Waals surface area (Å²) in [5.74, 6) is -0.891. The van der Waals surface area contributed by atoms with Crippen LogP contribution in [0.15, 0.2) is 64.8 Å². The Morgan fingerprint density at radius 3 is 2.42 bits per heavy atom. The van der Waals surface area contributed by atoms with Crippen LogP contribution in [0.1, 0.15) is 6.42 Å². The number of amides is 1. The van der Waals surface area contributed by atoms with Gasteiger partial charge in [-0.15, -0.1) is 5.11 Å². The van der Waals surface area contributed by atoms with Crippen molar-refractivity contribution < 1.29 is 14.5 Å². The van der Waals surface area contributed by atoms with Crippen LogP contribution in [0.2, 0.25) is 0 Å². The molecule has 2 aromatic rings. The molecule has 0 radical (unpaired) electrons. The van der Waals surface area contributed by atoms with Crippen LogP contribution < -0.4 is 5.32 Å². The molecule has 122 valence electrons. The smallest absolute Gasteiger partial charge is 0.296 e. The van der Waals surface area contributed by atoms with Crippen LogP contribution in [0, 0.1) is 10.1 Å². The predicted octanol–water partition coefficient (Wildman–Crippen LogP) is 3.28. The number of nitro groups is 1. The second-order valence-corrected chi connectivity index (χ2v) is 4.78. The molecule has 0 unspecified atom stereocenters. The van der Waals surface area contributed by atoms with Crippen molar-refractivity contribution in [2.75, 3.05) is 11.9 Å². The van der Waals surface area contributed by atoms with E-state index in [2.05, 4.69) is 15.5 Å². The first-order valence-corrected chi connectivity index (χ1v) is 7.04. The summed E-state index contributed by atoms with van der Waals surface area (Å²) in [5, 5.41) is 20.7. The van der Waals surface area contributed by atoms with Gasteiger partial charge in [-0.3, -0.25) is 19.7 Å². The fourth-order valence-corrected chi connectivity index (χ4v) is 1.86. The largest absolute Gasteiger partial charge is 0.326 e. The Bertz CT molecular complexity index is 775. The average Bonchev–Trinajstić information content (AvgIpc) is 2.56. The number of hydrogen-bond donors (Lipinski definition) is 1. The molecule has 0 aliphatic heterocycles. The van der Waals surface area contributed by atoms with Crippen LogP contribution in [0.4, 0.5) is 17.1 Å². The quantitative estimate of drug-likeness (QED) is 0.364. The van der Waals surface area contributed by atoms with Crippen LogP contribution in [0.5, 0.6) is 0 Å². The van der Waals surface area contributed by atoms with Gasteiger partial charge in [-0.25, -0.2) is 0 Å². The maximum Gasteiger partial charge on any atom is 0.296 e. The molecule has 0 heterocycles. The van der Waals surface area contributed by atoms with Gasteiger partial charge in [0.1, 0.15) is 6.54 Å². The molecule has 0 bridgehead atoms. The second-order valence-electron chi connectivity index (χ2n) is 4.78. The number of carbonyl (C=O) groups is 2. The molecule has 0 fully saturated rings. The van der Waals surface area contributed by atoms with Crippen molar-refractivity contribution in [2.45, 2.75) is 6.42 Å². The monoisotopic (exact) mass is 326 g/mol. The van der Waals surface area contributed by atoms with E-state index in [1.54, 1.807) is 30.3 Å². The Hall–Kier alpha value is -3.42. The van der Waals surface area contributed by atoms with Crippen LogP contribution in [-0.2, 0) is 9.59 Å². The van der Waals surface area contributed by atoms with Crippen molar-refractivity contribution in [2.24, 2.45) is 10.2 Å².